The average Bonchev–Trinajstić information content (AvgIpc) is 3.41. The molecule has 1 heterocycles. The van der Waals surface area contributed by atoms with Crippen molar-refractivity contribution in [1.29, 1.82) is 0 Å². The first kappa shape index (κ1) is 17.5. The third kappa shape index (κ3) is 3.52. The molecule has 134 valence electrons. The minimum absolute atomic E-state index is 0.0892. The van der Waals surface area contributed by atoms with Crippen molar-refractivity contribution in [2.45, 2.75) is 38.1 Å². The van der Waals surface area contributed by atoms with Crippen LogP contribution in [0.3, 0.4) is 0 Å². The summed E-state index contributed by atoms with van der Waals surface area (Å²) in [5.41, 5.74) is 2.41. The quantitative estimate of drug-likeness (QED) is 0.838. The molecule has 0 aromatic heterocycles. The average molecular weight is 344 g/mol. The number of ether oxygens (including phenoxy) is 1. The van der Waals surface area contributed by atoms with Gasteiger partial charge in [-0.05, 0) is 29.4 Å². The molecule has 2 amide bonds. The van der Waals surface area contributed by atoms with E-state index in [2.05, 4.69) is 43.4 Å². The van der Waals surface area contributed by atoms with Crippen LogP contribution in [0.15, 0.2) is 24.3 Å². The van der Waals surface area contributed by atoms with Crippen LogP contribution in [0.1, 0.15) is 43.2 Å². The summed E-state index contributed by atoms with van der Waals surface area (Å²) in [5, 5.41) is 2.62. The first-order chi connectivity index (χ1) is 11.9. The van der Waals surface area contributed by atoms with Crippen LogP contribution in [-0.2, 0) is 19.1 Å². The zero-order chi connectivity index (χ0) is 18.1. The molecule has 3 rings (SSSR count). The maximum atomic E-state index is 12.8. The Labute approximate surface area is 147 Å². The number of carbonyl (C=O) groups is 3. The van der Waals surface area contributed by atoms with E-state index in [1.54, 1.807) is 0 Å². The number of benzene rings is 1. The number of nitrogens with one attached hydrogen (secondary N) is 1. The van der Waals surface area contributed by atoms with Gasteiger partial charge in [-0.15, -0.1) is 0 Å². The van der Waals surface area contributed by atoms with Gasteiger partial charge in [0.2, 0.25) is 11.8 Å². The molecule has 3 atom stereocenters. The standard InChI is InChI=1S/C19H24N2O4/c1-11(2)12-4-6-13(7-5-12)14-8-15(14)18(23)21-10-17(22)20-9-16(21)19(24)25-3/h4-7,11,14-16H,8-10H2,1-3H3,(H,20,22). The summed E-state index contributed by atoms with van der Waals surface area (Å²) in [6, 6.07) is 7.62. The van der Waals surface area contributed by atoms with E-state index >= 15 is 0 Å². The van der Waals surface area contributed by atoms with E-state index in [0.29, 0.717) is 5.92 Å². The highest BCUT2D eigenvalue weighted by Crippen LogP contribution is 2.48. The van der Waals surface area contributed by atoms with Gasteiger partial charge in [-0.2, -0.15) is 0 Å². The van der Waals surface area contributed by atoms with E-state index in [0.717, 1.165) is 12.0 Å². The van der Waals surface area contributed by atoms with E-state index in [1.165, 1.54) is 17.6 Å². The van der Waals surface area contributed by atoms with E-state index in [-0.39, 0.29) is 36.7 Å². The minimum Gasteiger partial charge on any atom is -0.467 e. The summed E-state index contributed by atoms with van der Waals surface area (Å²) < 4.78 is 4.77. The fourth-order valence-corrected chi connectivity index (χ4v) is 3.40. The molecule has 1 aromatic carbocycles. The van der Waals surface area contributed by atoms with E-state index in [1.807, 2.05) is 0 Å². The van der Waals surface area contributed by atoms with Gasteiger partial charge < -0.3 is 15.0 Å². The van der Waals surface area contributed by atoms with Crippen LogP contribution in [0.2, 0.25) is 0 Å². The van der Waals surface area contributed by atoms with Crippen molar-refractivity contribution in [3.05, 3.63) is 35.4 Å². The summed E-state index contributed by atoms with van der Waals surface area (Å²) in [7, 11) is 1.29. The van der Waals surface area contributed by atoms with Crippen molar-refractivity contribution >= 4 is 17.8 Å². The van der Waals surface area contributed by atoms with Crippen molar-refractivity contribution in [2.75, 3.05) is 20.2 Å². The normalized spacial score (nSPS) is 25.5. The first-order valence-corrected chi connectivity index (χ1v) is 8.67. The van der Waals surface area contributed by atoms with Crippen molar-refractivity contribution in [2.24, 2.45) is 5.92 Å². The van der Waals surface area contributed by atoms with Crippen molar-refractivity contribution in [3.63, 3.8) is 0 Å². The molecule has 1 aromatic rings. The largest absolute Gasteiger partial charge is 0.467 e. The molecule has 25 heavy (non-hydrogen) atoms. The SMILES string of the molecule is COC(=O)C1CNC(=O)CN1C(=O)C1CC1c1ccc(C(C)C)cc1. The monoisotopic (exact) mass is 344 g/mol. The number of esters is 1. The Balaban J connectivity index is 1.70. The molecule has 1 aliphatic carbocycles. The number of methoxy groups -OCH3 is 1. The fourth-order valence-electron chi connectivity index (χ4n) is 3.40. The topological polar surface area (TPSA) is 75.7 Å². The van der Waals surface area contributed by atoms with Crippen LogP contribution in [0.5, 0.6) is 0 Å². The number of amides is 2. The van der Waals surface area contributed by atoms with Gasteiger partial charge in [0.1, 0.15) is 12.6 Å². The highest BCUT2D eigenvalue weighted by atomic mass is 16.5. The zero-order valence-corrected chi connectivity index (χ0v) is 14.8. The van der Waals surface area contributed by atoms with Gasteiger partial charge in [0.25, 0.3) is 0 Å². The first-order valence-electron chi connectivity index (χ1n) is 8.67. The molecule has 1 saturated heterocycles. The number of rotatable bonds is 4. The van der Waals surface area contributed by atoms with Gasteiger partial charge in [0.05, 0.1) is 7.11 Å². The second kappa shape index (κ2) is 6.86. The molecule has 1 aliphatic heterocycles. The second-order valence-electron chi connectivity index (χ2n) is 7.08. The predicted octanol–water partition coefficient (Wildman–Crippen LogP) is 1.41. The molecular formula is C19H24N2O4. The summed E-state index contributed by atoms with van der Waals surface area (Å²) in [5.74, 6) is -0.402. The summed E-state index contributed by atoms with van der Waals surface area (Å²) in [4.78, 5) is 37.8. The van der Waals surface area contributed by atoms with Gasteiger partial charge in [0, 0.05) is 12.5 Å². The molecule has 1 N–H and O–H groups in total. The molecule has 0 spiro atoms. The van der Waals surface area contributed by atoms with Crippen LogP contribution in [0.25, 0.3) is 0 Å². The van der Waals surface area contributed by atoms with Gasteiger partial charge in [-0.3, -0.25) is 9.59 Å². The van der Waals surface area contributed by atoms with E-state index in [9.17, 15) is 14.4 Å². The summed E-state index contributed by atoms with van der Waals surface area (Å²) in [6.07, 6.45) is 0.756. The number of carbonyl (C=O) groups excluding carboxylic acids is 3. The van der Waals surface area contributed by atoms with Crippen LogP contribution in [0, 0.1) is 5.92 Å². The van der Waals surface area contributed by atoms with Gasteiger partial charge in [0.15, 0.2) is 0 Å². The Morgan fingerprint density at radius 3 is 2.52 bits per heavy atom. The number of hydrogen-bond acceptors (Lipinski definition) is 4. The third-order valence-corrected chi connectivity index (χ3v) is 5.08. The molecule has 3 unspecified atom stereocenters. The Bertz CT molecular complexity index is 683. The third-order valence-electron chi connectivity index (χ3n) is 5.08. The van der Waals surface area contributed by atoms with Crippen LogP contribution in [-0.4, -0.2) is 48.9 Å². The molecule has 6 nitrogen and oxygen atoms in total. The Morgan fingerprint density at radius 1 is 1.24 bits per heavy atom. The van der Waals surface area contributed by atoms with E-state index < -0.39 is 12.0 Å². The summed E-state index contributed by atoms with van der Waals surface area (Å²) in [6.45, 7) is 4.31. The Morgan fingerprint density at radius 2 is 1.92 bits per heavy atom. The van der Waals surface area contributed by atoms with Crippen LogP contribution in [0.4, 0.5) is 0 Å². The van der Waals surface area contributed by atoms with Gasteiger partial charge in [-0.25, -0.2) is 4.79 Å². The second-order valence-corrected chi connectivity index (χ2v) is 7.08. The van der Waals surface area contributed by atoms with Crippen molar-refractivity contribution < 1.29 is 19.1 Å². The molecular weight excluding hydrogens is 320 g/mol. The molecule has 2 fully saturated rings. The molecule has 2 aliphatic rings. The zero-order valence-electron chi connectivity index (χ0n) is 14.8. The lowest BCUT2D eigenvalue weighted by atomic mass is 9.99. The maximum absolute atomic E-state index is 12.8. The van der Waals surface area contributed by atoms with Crippen molar-refractivity contribution in [3.8, 4) is 0 Å². The minimum atomic E-state index is -0.736. The lowest BCUT2D eigenvalue weighted by molar-refractivity contribution is -0.156. The predicted molar refractivity (Wildman–Crippen MR) is 91.9 cm³/mol. The van der Waals surface area contributed by atoms with Crippen LogP contribution >= 0.6 is 0 Å². The number of nitrogens with zero attached hydrogens (tertiary/aromatic N) is 1. The Hall–Kier alpha value is -2.37. The lowest BCUT2D eigenvalue weighted by Gasteiger charge is -2.33. The molecule has 0 bridgehead atoms. The summed E-state index contributed by atoms with van der Waals surface area (Å²) >= 11 is 0. The Kier molecular flexibility index (Phi) is 4.79. The lowest BCUT2D eigenvalue weighted by Crippen LogP contribution is -2.60. The maximum Gasteiger partial charge on any atom is 0.330 e. The molecule has 6 heteroatoms. The number of piperazine rings is 1. The van der Waals surface area contributed by atoms with E-state index in [4.69, 9.17) is 4.74 Å². The smallest absolute Gasteiger partial charge is 0.330 e. The molecule has 0 radical (unpaired) electrons. The van der Waals surface area contributed by atoms with Gasteiger partial charge >= 0.3 is 5.97 Å². The van der Waals surface area contributed by atoms with Gasteiger partial charge in [-0.1, -0.05) is 38.1 Å². The molecule has 1 saturated carbocycles. The highest BCUT2D eigenvalue weighted by Gasteiger charge is 2.49. The fraction of sp³-hybridized carbons (Fsp3) is 0.526. The van der Waals surface area contributed by atoms with Crippen molar-refractivity contribution in [1.82, 2.24) is 10.2 Å². The number of hydrogen-bond donors (Lipinski definition) is 1. The van der Waals surface area contributed by atoms with Crippen LogP contribution < -0.4 is 5.32 Å². The highest BCUT2D eigenvalue weighted by molar-refractivity contribution is 5.93.